The average Bonchev–Trinajstić information content (AvgIpc) is 2.02. The number of nitrogens with zero attached hydrogens (tertiary/aromatic N) is 1. The maximum Gasteiger partial charge on any atom is 0.222 e. The molecule has 3 nitrogen and oxygen atoms in total. The van der Waals surface area contributed by atoms with Crippen molar-refractivity contribution in [2.75, 3.05) is 27.2 Å². The topological polar surface area (TPSA) is 32.3 Å². The van der Waals surface area contributed by atoms with E-state index in [-0.39, 0.29) is 13.3 Å². The average molecular weight is 188 g/mol. The molecule has 1 amide bonds. The standard InChI is InChI=1S/C10H22N2O.H2/c1-9(2)10(13)11-7-5-6-8-12(3)4;/h9H,5-8H2,1-4H3,(H,11,13);1H. The molecule has 0 heterocycles. The van der Waals surface area contributed by atoms with Gasteiger partial charge < -0.3 is 10.2 Å². The van der Waals surface area contributed by atoms with Crippen LogP contribution in [0, 0.1) is 5.92 Å². The Bertz CT molecular complexity index is 149. The predicted molar refractivity (Wildman–Crippen MR) is 57.7 cm³/mol. The maximum atomic E-state index is 11.1. The van der Waals surface area contributed by atoms with Crippen LogP contribution in [0.4, 0.5) is 0 Å². The van der Waals surface area contributed by atoms with Crippen LogP contribution < -0.4 is 5.32 Å². The highest BCUT2D eigenvalue weighted by Crippen LogP contribution is 1.92. The third-order valence-corrected chi connectivity index (χ3v) is 1.86. The fraction of sp³-hybridized carbons (Fsp3) is 0.900. The first kappa shape index (κ1) is 12.4. The number of hydrogen-bond acceptors (Lipinski definition) is 2. The molecular formula is C10H24N2O. The summed E-state index contributed by atoms with van der Waals surface area (Å²) in [5, 5.41) is 2.90. The first-order valence-electron chi connectivity index (χ1n) is 4.96. The molecule has 0 aromatic carbocycles. The third-order valence-electron chi connectivity index (χ3n) is 1.86. The molecule has 0 aromatic rings. The molecule has 0 atom stereocenters. The van der Waals surface area contributed by atoms with Gasteiger partial charge in [-0.15, -0.1) is 0 Å². The summed E-state index contributed by atoms with van der Waals surface area (Å²) in [5.74, 6) is 0.263. The van der Waals surface area contributed by atoms with Crippen LogP contribution in [0.2, 0.25) is 0 Å². The molecule has 0 saturated heterocycles. The van der Waals surface area contributed by atoms with Crippen molar-refractivity contribution in [1.29, 1.82) is 0 Å². The monoisotopic (exact) mass is 188 g/mol. The summed E-state index contributed by atoms with van der Waals surface area (Å²) in [4.78, 5) is 13.3. The SMILES string of the molecule is CC(C)C(=O)NCCCCN(C)C.[HH]. The van der Waals surface area contributed by atoms with Gasteiger partial charge in [-0.05, 0) is 33.5 Å². The van der Waals surface area contributed by atoms with Crippen molar-refractivity contribution in [2.45, 2.75) is 26.7 Å². The second-order valence-corrected chi connectivity index (χ2v) is 3.96. The lowest BCUT2D eigenvalue weighted by molar-refractivity contribution is -0.123. The Hall–Kier alpha value is -0.570. The van der Waals surface area contributed by atoms with Gasteiger partial charge in [0.1, 0.15) is 0 Å². The van der Waals surface area contributed by atoms with Gasteiger partial charge in [-0.1, -0.05) is 13.8 Å². The van der Waals surface area contributed by atoms with Crippen molar-refractivity contribution >= 4 is 5.91 Å². The van der Waals surface area contributed by atoms with Crippen LogP contribution in [0.5, 0.6) is 0 Å². The number of carbonyl (C=O) groups excluding carboxylic acids is 1. The van der Waals surface area contributed by atoms with Gasteiger partial charge in [-0.25, -0.2) is 0 Å². The van der Waals surface area contributed by atoms with E-state index in [1.807, 2.05) is 13.8 Å². The smallest absolute Gasteiger partial charge is 0.222 e. The summed E-state index contributed by atoms with van der Waals surface area (Å²) in [6, 6.07) is 0. The van der Waals surface area contributed by atoms with Gasteiger partial charge in [0.2, 0.25) is 5.91 Å². The lowest BCUT2D eigenvalue weighted by Gasteiger charge is -2.10. The van der Waals surface area contributed by atoms with Crippen molar-refractivity contribution in [3.63, 3.8) is 0 Å². The molecule has 0 radical (unpaired) electrons. The molecule has 0 bridgehead atoms. The highest BCUT2D eigenvalue weighted by Gasteiger charge is 2.04. The van der Waals surface area contributed by atoms with Crippen molar-refractivity contribution < 1.29 is 6.22 Å². The van der Waals surface area contributed by atoms with Gasteiger partial charge in [0.15, 0.2) is 0 Å². The summed E-state index contributed by atoms with van der Waals surface area (Å²) < 4.78 is 0. The number of unbranched alkanes of at least 4 members (excludes halogenated alkanes) is 1. The Kier molecular flexibility index (Phi) is 6.59. The third kappa shape index (κ3) is 7.78. The predicted octanol–water partition coefficient (Wildman–Crippen LogP) is 1.35. The lowest BCUT2D eigenvalue weighted by Crippen LogP contribution is -2.29. The molecule has 0 rings (SSSR count). The number of rotatable bonds is 6. The summed E-state index contributed by atoms with van der Waals surface area (Å²) in [7, 11) is 4.12. The Morgan fingerprint density at radius 3 is 2.46 bits per heavy atom. The first-order chi connectivity index (χ1) is 6.04. The molecule has 0 saturated carbocycles. The van der Waals surface area contributed by atoms with E-state index in [0.29, 0.717) is 0 Å². The molecule has 13 heavy (non-hydrogen) atoms. The van der Waals surface area contributed by atoms with Gasteiger partial charge in [0.25, 0.3) is 0 Å². The van der Waals surface area contributed by atoms with Crippen LogP contribution in [-0.4, -0.2) is 38.0 Å². The Morgan fingerprint density at radius 2 is 2.00 bits per heavy atom. The Morgan fingerprint density at radius 1 is 1.38 bits per heavy atom. The molecule has 0 aliphatic carbocycles. The number of nitrogens with one attached hydrogen (secondary N) is 1. The fourth-order valence-electron chi connectivity index (χ4n) is 0.969. The second kappa shape index (κ2) is 6.89. The molecule has 0 spiro atoms. The molecule has 0 fully saturated rings. The zero-order valence-electron chi connectivity index (χ0n) is 9.26. The van der Waals surface area contributed by atoms with Crippen LogP contribution in [-0.2, 0) is 4.79 Å². The minimum Gasteiger partial charge on any atom is -0.356 e. The van der Waals surface area contributed by atoms with Crippen LogP contribution >= 0.6 is 0 Å². The minimum atomic E-state index is 0. The van der Waals surface area contributed by atoms with E-state index >= 15 is 0 Å². The first-order valence-corrected chi connectivity index (χ1v) is 4.96. The Labute approximate surface area is 83.0 Å². The second-order valence-electron chi connectivity index (χ2n) is 3.96. The van der Waals surface area contributed by atoms with Gasteiger partial charge in [-0.3, -0.25) is 4.79 Å². The minimum absolute atomic E-state index is 0. The number of carbonyl (C=O) groups is 1. The molecular weight excluding hydrogens is 164 g/mol. The highest BCUT2D eigenvalue weighted by molar-refractivity contribution is 5.77. The van der Waals surface area contributed by atoms with Crippen molar-refractivity contribution in [3.05, 3.63) is 0 Å². The molecule has 3 heteroatoms. The normalized spacial score (nSPS) is 10.9. The van der Waals surface area contributed by atoms with E-state index in [0.717, 1.165) is 25.9 Å². The zero-order valence-corrected chi connectivity index (χ0v) is 9.26. The molecule has 0 aliphatic heterocycles. The quantitative estimate of drug-likeness (QED) is 0.638. The maximum absolute atomic E-state index is 11.1. The molecule has 1 N–H and O–H groups in total. The summed E-state index contributed by atoms with van der Waals surface area (Å²) in [5.41, 5.74) is 0. The van der Waals surface area contributed by atoms with Gasteiger partial charge >= 0.3 is 0 Å². The summed E-state index contributed by atoms with van der Waals surface area (Å²) in [6.45, 7) is 5.73. The number of amides is 1. The van der Waals surface area contributed by atoms with E-state index in [1.165, 1.54) is 0 Å². The lowest BCUT2D eigenvalue weighted by atomic mass is 10.2. The van der Waals surface area contributed by atoms with Crippen LogP contribution in [0.25, 0.3) is 0 Å². The van der Waals surface area contributed by atoms with E-state index < -0.39 is 0 Å². The van der Waals surface area contributed by atoms with Crippen molar-refractivity contribution in [3.8, 4) is 0 Å². The Balaban J connectivity index is 0. The fourth-order valence-corrected chi connectivity index (χ4v) is 0.969. The largest absolute Gasteiger partial charge is 0.356 e. The van der Waals surface area contributed by atoms with E-state index in [1.54, 1.807) is 0 Å². The molecule has 0 aliphatic rings. The molecule has 80 valence electrons. The highest BCUT2D eigenvalue weighted by atomic mass is 16.1. The van der Waals surface area contributed by atoms with Crippen LogP contribution in [0.3, 0.4) is 0 Å². The van der Waals surface area contributed by atoms with Crippen LogP contribution in [0.1, 0.15) is 28.1 Å². The summed E-state index contributed by atoms with van der Waals surface area (Å²) >= 11 is 0. The number of hydrogen-bond donors (Lipinski definition) is 1. The van der Waals surface area contributed by atoms with Gasteiger partial charge in [-0.2, -0.15) is 0 Å². The summed E-state index contributed by atoms with van der Waals surface area (Å²) in [6.07, 6.45) is 2.21. The van der Waals surface area contributed by atoms with Gasteiger partial charge in [0.05, 0.1) is 0 Å². The van der Waals surface area contributed by atoms with Crippen LogP contribution in [0.15, 0.2) is 0 Å². The van der Waals surface area contributed by atoms with E-state index in [9.17, 15) is 4.79 Å². The van der Waals surface area contributed by atoms with Crippen molar-refractivity contribution in [2.24, 2.45) is 5.92 Å². The van der Waals surface area contributed by atoms with Gasteiger partial charge in [0, 0.05) is 13.9 Å². The molecule has 0 aromatic heterocycles. The molecule has 0 unspecified atom stereocenters. The van der Waals surface area contributed by atoms with E-state index in [2.05, 4.69) is 24.3 Å². The van der Waals surface area contributed by atoms with E-state index in [4.69, 9.17) is 0 Å². The zero-order chi connectivity index (χ0) is 10.3. The van der Waals surface area contributed by atoms with Crippen molar-refractivity contribution in [1.82, 2.24) is 10.2 Å².